The largest absolute Gasteiger partial charge is 0.320 e. The van der Waals surface area contributed by atoms with Crippen LogP contribution in [0.1, 0.15) is 38.2 Å². The van der Waals surface area contributed by atoms with Gasteiger partial charge in [-0.2, -0.15) is 0 Å². The molecule has 1 N–H and O–H groups in total. The Balaban J connectivity index is 2.40. The second kappa shape index (κ2) is 5.90. The molecular weight excluding hydrogens is 282 g/mol. The molecule has 3 heteroatoms. The predicted molar refractivity (Wildman–Crippen MR) is 89.5 cm³/mol. The third kappa shape index (κ3) is 3.27. The lowest BCUT2D eigenvalue weighted by molar-refractivity contribution is 0.102. The second-order valence-corrected chi connectivity index (χ2v) is 6.07. The third-order valence-electron chi connectivity index (χ3n) is 3.57. The first kappa shape index (κ1) is 15.6. The van der Waals surface area contributed by atoms with Crippen LogP contribution in [0.5, 0.6) is 0 Å². The van der Waals surface area contributed by atoms with Crippen molar-refractivity contribution < 1.29 is 4.79 Å². The first-order valence-electron chi connectivity index (χ1n) is 6.95. The third-order valence-corrected chi connectivity index (χ3v) is 3.87. The van der Waals surface area contributed by atoms with E-state index < -0.39 is 0 Å². The maximum absolute atomic E-state index is 12.6. The maximum atomic E-state index is 12.6. The molecule has 0 bridgehead atoms. The van der Waals surface area contributed by atoms with Crippen molar-refractivity contribution in [2.45, 2.75) is 34.6 Å². The summed E-state index contributed by atoms with van der Waals surface area (Å²) in [5.41, 5.74) is 6.57. The minimum Gasteiger partial charge on any atom is -0.320 e. The average Bonchev–Trinajstić information content (AvgIpc) is 2.32. The van der Waals surface area contributed by atoms with E-state index in [0.29, 0.717) is 10.7 Å². The number of aryl methyl sites for hydroxylation is 5. The smallest absolute Gasteiger partial charge is 0.256 e. The number of nitrogens with one attached hydrogen (secondary N) is 1. The summed E-state index contributed by atoms with van der Waals surface area (Å²) in [6.45, 7) is 9.88. The van der Waals surface area contributed by atoms with Crippen LogP contribution in [0, 0.1) is 34.6 Å². The fourth-order valence-electron chi connectivity index (χ4n) is 2.79. The Kier molecular flexibility index (Phi) is 4.38. The summed E-state index contributed by atoms with van der Waals surface area (Å²) in [6, 6.07) is 7.91. The van der Waals surface area contributed by atoms with Crippen LogP contribution in [0.4, 0.5) is 5.69 Å². The lowest BCUT2D eigenvalue weighted by Crippen LogP contribution is -2.16. The molecule has 0 aliphatic rings. The van der Waals surface area contributed by atoms with Crippen LogP contribution in [0.3, 0.4) is 0 Å². The molecule has 2 aromatic carbocycles. The summed E-state index contributed by atoms with van der Waals surface area (Å²) in [5.74, 6) is -0.112. The van der Waals surface area contributed by atoms with Crippen LogP contribution in [-0.2, 0) is 0 Å². The Morgan fingerprint density at radius 1 is 0.857 bits per heavy atom. The molecule has 0 radical (unpaired) electrons. The van der Waals surface area contributed by atoms with Gasteiger partial charge in [0.15, 0.2) is 0 Å². The van der Waals surface area contributed by atoms with E-state index in [1.54, 1.807) is 0 Å². The topological polar surface area (TPSA) is 29.1 Å². The molecule has 0 aliphatic carbocycles. The van der Waals surface area contributed by atoms with Gasteiger partial charge in [0.1, 0.15) is 0 Å². The van der Waals surface area contributed by atoms with Gasteiger partial charge in [-0.15, -0.1) is 0 Å². The van der Waals surface area contributed by atoms with Crippen LogP contribution < -0.4 is 5.32 Å². The van der Waals surface area contributed by atoms with Gasteiger partial charge in [0, 0.05) is 5.56 Å². The maximum Gasteiger partial charge on any atom is 0.256 e. The minimum absolute atomic E-state index is 0.112. The zero-order chi connectivity index (χ0) is 15.7. The molecule has 0 spiro atoms. The molecule has 2 rings (SSSR count). The Morgan fingerprint density at radius 3 is 1.86 bits per heavy atom. The van der Waals surface area contributed by atoms with Gasteiger partial charge >= 0.3 is 0 Å². The molecule has 0 aromatic heterocycles. The number of carbonyl (C=O) groups excluding carboxylic acids is 1. The molecule has 0 fully saturated rings. The van der Waals surface area contributed by atoms with Crippen molar-refractivity contribution in [3.05, 3.63) is 62.7 Å². The molecule has 2 nitrogen and oxygen atoms in total. The summed E-state index contributed by atoms with van der Waals surface area (Å²) in [4.78, 5) is 12.6. The molecule has 1 amide bonds. The van der Waals surface area contributed by atoms with Crippen molar-refractivity contribution >= 4 is 23.2 Å². The number of amides is 1. The molecule has 0 saturated carbocycles. The normalized spacial score (nSPS) is 10.6. The number of rotatable bonds is 2. The summed E-state index contributed by atoms with van der Waals surface area (Å²) < 4.78 is 0. The van der Waals surface area contributed by atoms with E-state index in [9.17, 15) is 4.79 Å². The van der Waals surface area contributed by atoms with E-state index in [1.807, 2.05) is 58.9 Å². The highest BCUT2D eigenvalue weighted by atomic mass is 35.5. The van der Waals surface area contributed by atoms with Crippen molar-refractivity contribution in [1.29, 1.82) is 0 Å². The Morgan fingerprint density at radius 2 is 1.33 bits per heavy atom. The molecule has 0 aliphatic heterocycles. The van der Waals surface area contributed by atoms with E-state index >= 15 is 0 Å². The number of carbonyl (C=O) groups is 1. The van der Waals surface area contributed by atoms with Gasteiger partial charge in [-0.25, -0.2) is 0 Å². The van der Waals surface area contributed by atoms with Gasteiger partial charge in [-0.05, 0) is 62.9 Å². The Bertz CT molecular complexity index is 673. The van der Waals surface area contributed by atoms with E-state index in [4.69, 9.17) is 11.6 Å². The highest BCUT2D eigenvalue weighted by Gasteiger charge is 2.15. The molecule has 0 unspecified atom stereocenters. The van der Waals surface area contributed by atoms with Gasteiger partial charge in [0.05, 0.1) is 10.7 Å². The van der Waals surface area contributed by atoms with Crippen molar-refractivity contribution in [1.82, 2.24) is 0 Å². The number of benzene rings is 2. The van der Waals surface area contributed by atoms with Crippen LogP contribution >= 0.6 is 11.6 Å². The SMILES string of the molecule is Cc1cc(C)c(C(=O)Nc2c(C)cc(C)cc2Cl)c(C)c1. The fraction of sp³-hybridized carbons (Fsp3) is 0.278. The molecule has 0 atom stereocenters. The van der Waals surface area contributed by atoms with Gasteiger partial charge in [0.2, 0.25) is 0 Å². The summed E-state index contributed by atoms with van der Waals surface area (Å²) >= 11 is 6.26. The van der Waals surface area contributed by atoms with E-state index in [2.05, 4.69) is 5.32 Å². The molecule has 110 valence electrons. The molecule has 0 saturated heterocycles. The summed E-state index contributed by atoms with van der Waals surface area (Å²) in [6.07, 6.45) is 0. The molecular formula is C18H20ClNO. The molecule has 21 heavy (non-hydrogen) atoms. The monoisotopic (exact) mass is 301 g/mol. The first-order chi connectivity index (χ1) is 9.79. The van der Waals surface area contributed by atoms with E-state index in [-0.39, 0.29) is 5.91 Å². The highest BCUT2D eigenvalue weighted by molar-refractivity contribution is 6.34. The second-order valence-electron chi connectivity index (χ2n) is 5.67. The van der Waals surface area contributed by atoms with Crippen molar-refractivity contribution in [3.63, 3.8) is 0 Å². The predicted octanol–water partition coefficient (Wildman–Crippen LogP) is 5.13. The van der Waals surface area contributed by atoms with Crippen LogP contribution in [0.15, 0.2) is 24.3 Å². The first-order valence-corrected chi connectivity index (χ1v) is 7.33. The zero-order valence-corrected chi connectivity index (χ0v) is 13.9. The van der Waals surface area contributed by atoms with Crippen molar-refractivity contribution in [2.24, 2.45) is 0 Å². The molecule has 0 heterocycles. The number of halogens is 1. The minimum atomic E-state index is -0.112. The standard InChI is InChI=1S/C18H20ClNO/c1-10-6-12(3)16(13(4)7-10)18(21)20-17-14(5)8-11(2)9-15(17)19/h6-9H,1-5H3,(H,20,21). The van der Waals surface area contributed by atoms with Gasteiger partial charge in [-0.1, -0.05) is 35.4 Å². The highest BCUT2D eigenvalue weighted by Crippen LogP contribution is 2.28. The van der Waals surface area contributed by atoms with Gasteiger partial charge in [-0.3, -0.25) is 4.79 Å². The summed E-state index contributed by atoms with van der Waals surface area (Å²) in [7, 11) is 0. The fourth-order valence-corrected chi connectivity index (χ4v) is 3.16. The lowest BCUT2D eigenvalue weighted by atomic mass is 9.99. The molecule has 2 aromatic rings. The zero-order valence-electron chi connectivity index (χ0n) is 13.1. The number of anilines is 1. The van der Waals surface area contributed by atoms with Gasteiger partial charge < -0.3 is 5.32 Å². The van der Waals surface area contributed by atoms with Crippen LogP contribution in [-0.4, -0.2) is 5.91 Å². The average molecular weight is 302 g/mol. The Hall–Kier alpha value is -1.80. The van der Waals surface area contributed by atoms with Crippen LogP contribution in [0.25, 0.3) is 0 Å². The number of hydrogen-bond donors (Lipinski definition) is 1. The summed E-state index contributed by atoms with van der Waals surface area (Å²) in [5, 5.41) is 3.52. The van der Waals surface area contributed by atoms with Crippen molar-refractivity contribution in [3.8, 4) is 0 Å². The van der Waals surface area contributed by atoms with E-state index in [0.717, 1.165) is 33.4 Å². The van der Waals surface area contributed by atoms with Crippen molar-refractivity contribution in [2.75, 3.05) is 5.32 Å². The number of hydrogen-bond acceptors (Lipinski definition) is 1. The lowest BCUT2D eigenvalue weighted by Gasteiger charge is -2.15. The van der Waals surface area contributed by atoms with Crippen LogP contribution in [0.2, 0.25) is 5.02 Å². The van der Waals surface area contributed by atoms with Gasteiger partial charge in [0.25, 0.3) is 5.91 Å². The Labute approximate surface area is 131 Å². The quantitative estimate of drug-likeness (QED) is 0.818. The van der Waals surface area contributed by atoms with E-state index in [1.165, 1.54) is 0 Å².